The number of rotatable bonds is 11. The van der Waals surface area contributed by atoms with Crippen LogP contribution in [0.1, 0.15) is 82.6 Å². The van der Waals surface area contributed by atoms with Crippen molar-refractivity contribution in [1.82, 2.24) is 0 Å². The fourth-order valence-corrected chi connectivity index (χ4v) is 4.85. The summed E-state index contributed by atoms with van der Waals surface area (Å²) < 4.78 is 49.9. The topological polar surface area (TPSA) is 35.2 Å². The van der Waals surface area contributed by atoms with Crippen LogP contribution in [0, 0.1) is 23.4 Å². The Morgan fingerprint density at radius 3 is 2.19 bits per heavy atom. The van der Waals surface area contributed by atoms with Gasteiger partial charge in [-0.15, -0.1) is 0 Å². The van der Waals surface area contributed by atoms with Crippen LogP contribution in [0.4, 0.5) is 13.2 Å². The van der Waals surface area contributed by atoms with Gasteiger partial charge in [0.05, 0.1) is 12.2 Å². The Morgan fingerprint density at radius 1 is 0.875 bits per heavy atom. The Hall–Kier alpha value is -2.01. The number of nitrogens with two attached hydrogens (primary N) is 1. The SMILES string of the molecule is CCCC1CCC(c2cc(F)c(-c3ccc(OCCCCCCN)c(F)c3)c(F)c2)CC1. The van der Waals surface area contributed by atoms with E-state index in [4.69, 9.17) is 10.5 Å². The van der Waals surface area contributed by atoms with Crippen molar-refractivity contribution in [3.63, 3.8) is 0 Å². The number of benzene rings is 2. The third kappa shape index (κ3) is 6.50. The fraction of sp³-hybridized carbons (Fsp3) is 0.556. The van der Waals surface area contributed by atoms with Crippen LogP contribution in [0.15, 0.2) is 30.3 Å². The number of unbranched alkanes of at least 4 members (excludes halogenated alkanes) is 3. The van der Waals surface area contributed by atoms with Gasteiger partial charge >= 0.3 is 0 Å². The smallest absolute Gasteiger partial charge is 0.165 e. The van der Waals surface area contributed by atoms with E-state index >= 15 is 0 Å². The monoisotopic (exact) mass is 447 g/mol. The van der Waals surface area contributed by atoms with Gasteiger partial charge in [0.1, 0.15) is 11.6 Å². The van der Waals surface area contributed by atoms with Crippen LogP contribution in [-0.4, -0.2) is 13.2 Å². The van der Waals surface area contributed by atoms with Crippen molar-refractivity contribution < 1.29 is 17.9 Å². The Morgan fingerprint density at radius 2 is 1.56 bits per heavy atom. The van der Waals surface area contributed by atoms with Crippen molar-refractivity contribution >= 4 is 0 Å². The molecule has 1 fully saturated rings. The zero-order valence-corrected chi connectivity index (χ0v) is 19.1. The van der Waals surface area contributed by atoms with Gasteiger partial charge in [-0.1, -0.05) is 38.7 Å². The summed E-state index contributed by atoms with van der Waals surface area (Å²) in [6.45, 7) is 3.27. The molecule has 5 heteroatoms. The first-order valence-electron chi connectivity index (χ1n) is 12.1. The second-order valence-electron chi connectivity index (χ2n) is 9.06. The van der Waals surface area contributed by atoms with E-state index in [1.54, 1.807) is 0 Å². The van der Waals surface area contributed by atoms with Gasteiger partial charge in [0.25, 0.3) is 0 Å². The molecule has 0 atom stereocenters. The van der Waals surface area contributed by atoms with Gasteiger partial charge < -0.3 is 10.5 Å². The lowest BCUT2D eigenvalue weighted by Gasteiger charge is -2.29. The van der Waals surface area contributed by atoms with Gasteiger partial charge in [0.15, 0.2) is 11.6 Å². The van der Waals surface area contributed by atoms with Crippen LogP contribution < -0.4 is 10.5 Å². The van der Waals surface area contributed by atoms with Crippen LogP contribution in [0.2, 0.25) is 0 Å². The maximum absolute atomic E-state index is 14.9. The average Bonchev–Trinajstić information content (AvgIpc) is 2.77. The average molecular weight is 448 g/mol. The molecule has 2 aromatic rings. The van der Waals surface area contributed by atoms with Crippen LogP contribution in [-0.2, 0) is 0 Å². The van der Waals surface area contributed by atoms with Crippen molar-refractivity contribution in [2.75, 3.05) is 13.2 Å². The molecule has 2 nitrogen and oxygen atoms in total. The molecule has 176 valence electrons. The number of hydrogen-bond donors (Lipinski definition) is 1. The summed E-state index contributed by atoms with van der Waals surface area (Å²) in [6, 6.07) is 7.00. The third-order valence-corrected chi connectivity index (χ3v) is 6.66. The first-order valence-corrected chi connectivity index (χ1v) is 12.1. The first kappa shape index (κ1) is 24.6. The molecule has 1 saturated carbocycles. The molecule has 0 bridgehead atoms. The van der Waals surface area contributed by atoms with Crippen LogP contribution >= 0.6 is 0 Å². The minimum atomic E-state index is -0.636. The van der Waals surface area contributed by atoms with Gasteiger partial charge in [-0.25, -0.2) is 13.2 Å². The van der Waals surface area contributed by atoms with Gasteiger partial charge in [0.2, 0.25) is 0 Å². The number of halogens is 3. The maximum Gasteiger partial charge on any atom is 0.165 e. The molecule has 0 heterocycles. The van der Waals surface area contributed by atoms with E-state index in [1.807, 2.05) is 0 Å². The molecule has 0 amide bonds. The van der Waals surface area contributed by atoms with Crippen molar-refractivity contribution in [2.24, 2.45) is 11.7 Å². The molecule has 2 N–H and O–H groups in total. The molecule has 0 spiro atoms. The summed E-state index contributed by atoms with van der Waals surface area (Å²) >= 11 is 0. The molecule has 1 aliphatic carbocycles. The second-order valence-corrected chi connectivity index (χ2v) is 9.06. The lowest BCUT2D eigenvalue weighted by molar-refractivity contribution is 0.290. The Labute approximate surface area is 190 Å². The zero-order valence-electron chi connectivity index (χ0n) is 19.1. The maximum atomic E-state index is 14.9. The molecule has 0 saturated heterocycles. The molecule has 0 aliphatic heterocycles. The predicted octanol–water partition coefficient (Wildman–Crippen LogP) is 7.74. The zero-order chi connectivity index (χ0) is 22.9. The Bertz CT molecular complexity index is 839. The van der Waals surface area contributed by atoms with Crippen LogP contribution in [0.3, 0.4) is 0 Å². The van der Waals surface area contributed by atoms with E-state index < -0.39 is 17.5 Å². The normalized spacial score (nSPS) is 18.7. The van der Waals surface area contributed by atoms with Gasteiger partial charge in [-0.05, 0) is 92.3 Å². The summed E-state index contributed by atoms with van der Waals surface area (Å²) in [6.07, 6.45) is 10.4. The molecule has 3 rings (SSSR count). The fourth-order valence-electron chi connectivity index (χ4n) is 4.85. The Balaban J connectivity index is 1.65. The van der Waals surface area contributed by atoms with E-state index in [0.29, 0.717) is 18.7 Å². The summed E-state index contributed by atoms with van der Waals surface area (Å²) in [5.74, 6) is -0.846. The molecule has 2 aromatic carbocycles. The molecule has 0 unspecified atom stereocenters. The minimum Gasteiger partial charge on any atom is -0.491 e. The summed E-state index contributed by atoms with van der Waals surface area (Å²) in [4.78, 5) is 0. The lowest BCUT2D eigenvalue weighted by atomic mass is 9.77. The predicted molar refractivity (Wildman–Crippen MR) is 124 cm³/mol. The second kappa shape index (κ2) is 12.3. The highest BCUT2D eigenvalue weighted by Crippen LogP contribution is 2.39. The minimum absolute atomic E-state index is 0.105. The molecule has 32 heavy (non-hydrogen) atoms. The van der Waals surface area contributed by atoms with Gasteiger partial charge in [0, 0.05) is 0 Å². The highest BCUT2D eigenvalue weighted by molar-refractivity contribution is 5.66. The summed E-state index contributed by atoms with van der Waals surface area (Å²) in [5.41, 5.74) is 6.19. The van der Waals surface area contributed by atoms with E-state index in [2.05, 4.69) is 6.92 Å². The summed E-state index contributed by atoms with van der Waals surface area (Å²) in [5, 5.41) is 0. The molecule has 0 radical (unpaired) electrons. The first-order chi connectivity index (χ1) is 15.5. The van der Waals surface area contributed by atoms with E-state index in [0.717, 1.165) is 63.4 Å². The highest BCUT2D eigenvalue weighted by atomic mass is 19.1. The molecule has 1 aliphatic rings. The van der Waals surface area contributed by atoms with Crippen LogP contribution in [0.25, 0.3) is 11.1 Å². The quantitative estimate of drug-likeness (QED) is 0.358. The van der Waals surface area contributed by atoms with Crippen molar-refractivity contribution in [3.8, 4) is 16.9 Å². The van der Waals surface area contributed by atoms with E-state index in [-0.39, 0.29) is 22.8 Å². The standard InChI is InChI=1S/C27H36F3NO/c1-2-7-19-8-10-20(11-9-19)22-17-24(29)27(25(30)18-22)21-12-13-26(23(28)16-21)32-15-6-4-3-5-14-31/h12-13,16-20H,2-11,14-15,31H2,1H3. The molecular weight excluding hydrogens is 411 g/mol. The molecule has 0 aromatic heterocycles. The third-order valence-electron chi connectivity index (χ3n) is 6.66. The van der Waals surface area contributed by atoms with E-state index in [9.17, 15) is 13.2 Å². The van der Waals surface area contributed by atoms with Crippen LogP contribution in [0.5, 0.6) is 5.75 Å². The molecular formula is C27H36F3NO. The van der Waals surface area contributed by atoms with E-state index in [1.165, 1.54) is 37.1 Å². The Kier molecular flexibility index (Phi) is 9.46. The lowest BCUT2D eigenvalue weighted by Crippen LogP contribution is -2.13. The highest BCUT2D eigenvalue weighted by Gasteiger charge is 2.24. The van der Waals surface area contributed by atoms with Crippen molar-refractivity contribution in [3.05, 3.63) is 53.3 Å². The largest absolute Gasteiger partial charge is 0.491 e. The number of ether oxygens (including phenoxy) is 1. The number of hydrogen-bond acceptors (Lipinski definition) is 2. The van der Waals surface area contributed by atoms with Gasteiger partial charge in [-0.2, -0.15) is 0 Å². The van der Waals surface area contributed by atoms with Gasteiger partial charge in [-0.3, -0.25) is 0 Å². The summed E-state index contributed by atoms with van der Waals surface area (Å²) in [7, 11) is 0. The van der Waals surface area contributed by atoms with Crippen molar-refractivity contribution in [1.29, 1.82) is 0 Å². The van der Waals surface area contributed by atoms with Crippen molar-refractivity contribution in [2.45, 2.75) is 77.0 Å².